The highest BCUT2D eigenvalue weighted by atomic mass is 32.2. The number of benzene rings is 3. The lowest BCUT2D eigenvalue weighted by Crippen LogP contribution is -2.45. The highest BCUT2D eigenvalue weighted by Crippen LogP contribution is 2.32. The first kappa shape index (κ1) is 32.6. The summed E-state index contributed by atoms with van der Waals surface area (Å²) in [5.41, 5.74) is 4.12. The van der Waals surface area contributed by atoms with Crippen molar-refractivity contribution in [2.75, 3.05) is 32.6 Å². The van der Waals surface area contributed by atoms with Crippen molar-refractivity contribution >= 4 is 29.5 Å². The molecule has 12 nitrogen and oxygen atoms in total. The summed E-state index contributed by atoms with van der Waals surface area (Å²) < 4.78 is 17.8. The number of hydrogen-bond acceptors (Lipinski definition) is 9. The van der Waals surface area contributed by atoms with Crippen molar-refractivity contribution in [2.45, 2.75) is 37.7 Å². The van der Waals surface area contributed by atoms with Crippen molar-refractivity contribution in [1.29, 1.82) is 0 Å². The topological polar surface area (TPSA) is 152 Å². The molecular formula is C35H35N5O7S. The number of thioether (sulfide) groups is 1. The maximum Gasteiger partial charge on any atom is 0.258 e. The molecule has 2 atom stereocenters. The molecule has 0 unspecified atom stereocenters. The molecule has 6 bridgehead atoms. The van der Waals surface area contributed by atoms with Crippen LogP contribution >= 0.6 is 11.8 Å². The zero-order valence-corrected chi connectivity index (χ0v) is 27.5. The van der Waals surface area contributed by atoms with Gasteiger partial charge in [0.1, 0.15) is 11.9 Å². The van der Waals surface area contributed by atoms with Crippen LogP contribution in [0.4, 0.5) is 0 Å². The van der Waals surface area contributed by atoms with Gasteiger partial charge < -0.3 is 34.7 Å². The fourth-order valence-electron chi connectivity index (χ4n) is 5.64. The molecule has 48 heavy (non-hydrogen) atoms. The molecule has 1 fully saturated rings. The number of fused-ring (bicyclic) bond motifs is 7. The fraction of sp³-hybridized carbons (Fsp3) is 0.286. The van der Waals surface area contributed by atoms with Gasteiger partial charge in [0.25, 0.3) is 17.4 Å². The van der Waals surface area contributed by atoms with Crippen LogP contribution in [-0.4, -0.2) is 77.3 Å². The summed E-state index contributed by atoms with van der Waals surface area (Å²) in [6, 6.07) is 19.0. The van der Waals surface area contributed by atoms with E-state index in [1.54, 1.807) is 36.1 Å². The predicted molar refractivity (Wildman–Crippen MR) is 180 cm³/mol. The van der Waals surface area contributed by atoms with Crippen molar-refractivity contribution in [2.24, 2.45) is 0 Å². The third-order valence-electron chi connectivity index (χ3n) is 8.13. The van der Waals surface area contributed by atoms with Crippen LogP contribution in [0.3, 0.4) is 0 Å². The van der Waals surface area contributed by atoms with Gasteiger partial charge in [0.15, 0.2) is 23.3 Å². The van der Waals surface area contributed by atoms with E-state index in [0.29, 0.717) is 33.7 Å². The Kier molecular flexibility index (Phi) is 9.67. The van der Waals surface area contributed by atoms with Crippen LogP contribution in [0.5, 0.6) is 17.2 Å². The molecule has 13 heteroatoms. The number of carbonyl (C=O) groups is 3. The molecule has 0 spiro atoms. The molecule has 7 rings (SSSR count). The van der Waals surface area contributed by atoms with Gasteiger partial charge in [-0.05, 0) is 72.5 Å². The SMILES string of the molecule is COc1cc2ccc1O[C@H]1CN(C(=O)CSc3nc(C)cc(=O)[nH]3)C[C@@H]1NC(=O)c1ccc(C)c(c1)-c1cccc(c1)OCC(=O)NC2. The van der Waals surface area contributed by atoms with E-state index < -0.39 is 12.1 Å². The minimum absolute atomic E-state index is 0.0353. The highest BCUT2D eigenvalue weighted by molar-refractivity contribution is 7.99. The normalized spacial score (nSPS) is 17.8. The molecule has 0 aliphatic carbocycles. The summed E-state index contributed by atoms with van der Waals surface area (Å²) in [7, 11) is 1.52. The summed E-state index contributed by atoms with van der Waals surface area (Å²) in [5, 5.41) is 6.33. The molecule has 1 saturated heterocycles. The van der Waals surface area contributed by atoms with E-state index in [1.165, 1.54) is 13.2 Å². The second-order valence-corrected chi connectivity index (χ2v) is 12.6. The molecule has 0 radical (unpaired) electrons. The van der Waals surface area contributed by atoms with Gasteiger partial charge >= 0.3 is 0 Å². The van der Waals surface area contributed by atoms with Gasteiger partial charge in [0.2, 0.25) is 5.91 Å². The van der Waals surface area contributed by atoms with Crippen molar-refractivity contribution in [3.05, 3.63) is 99.5 Å². The lowest BCUT2D eigenvalue weighted by atomic mass is 9.97. The number of rotatable bonds is 4. The number of ether oxygens (including phenoxy) is 3. The van der Waals surface area contributed by atoms with Crippen molar-refractivity contribution < 1.29 is 28.6 Å². The zero-order chi connectivity index (χ0) is 33.8. The van der Waals surface area contributed by atoms with Crippen LogP contribution in [0.25, 0.3) is 11.1 Å². The van der Waals surface area contributed by atoms with Gasteiger partial charge in [-0.2, -0.15) is 0 Å². The Balaban J connectivity index is 1.30. The number of aryl methyl sites for hydroxylation is 2. The number of nitrogens with one attached hydrogen (secondary N) is 3. The first-order chi connectivity index (χ1) is 23.1. The number of methoxy groups -OCH3 is 1. The first-order valence-electron chi connectivity index (χ1n) is 15.4. The van der Waals surface area contributed by atoms with E-state index in [0.717, 1.165) is 34.0 Å². The van der Waals surface area contributed by atoms with Crippen LogP contribution in [0.1, 0.15) is 27.2 Å². The number of H-pyrrole nitrogens is 1. The van der Waals surface area contributed by atoms with Gasteiger partial charge in [-0.15, -0.1) is 0 Å². The summed E-state index contributed by atoms with van der Waals surface area (Å²) in [6.07, 6.45) is -0.608. The van der Waals surface area contributed by atoms with E-state index in [4.69, 9.17) is 14.2 Å². The van der Waals surface area contributed by atoms with Gasteiger partial charge in [-0.25, -0.2) is 4.98 Å². The summed E-state index contributed by atoms with van der Waals surface area (Å²) in [6.45, 7) is 4.16. The molecule has 248 valence electrons. The molecule has 3 amide bonds. The number of aromatic nitrogens is 2. The standard InChI is InChI=1S/C35H35N5O7S/c1-20-7-9-24-14-26(20)23-5-4-6-25(13-23)46-18-32(42)36-15-22-8-10-28(29(12-22)45-3)47-30-17-40(16-27(30)38-34(24)44)33(43)19-48-35-37-21(2)11-31(41)39-35/h4-14,27,30H,15-19H2,1-3H3,(H,36,42)(H,38,44)(H,37,39,41)/t27-,30-/m0/s1. The minimum atomic E-state index is -0.608. The number of nitrogens with zero attached hydrogens (tertiary/aromatic N) is 2. The number of hydrogen-bond donors (Lipinski definition) is 3. The third-order valence-corrected chi connectivity index (χ3v) is 8.98. The largest absolute Gasteiger partial charge is 0.493 e. The molecule has 4 aromatic rings. The Morgan fingerprint density at radius 3 is 2.69 bits per heavy atom. The van der Waals surface area contributed by atoms with Gasteiger partial charge in [0, 0.05) is 30.4 Å². The molecule has 3 aromatic carbocycles. The van der Waals surface area contributed by atoms with Crippen molar-refractivity contribution in [1.82, 2.24) is 25.5 Å². The van der Waals surface area contributed by atoms with E-state index in [9.17, 15) is 19.2 Å². The van der Waals surface area contributed by atoms with E-state index >= 15 is 0 Å². The summed E-state index contributed by atoms with van der Waals surface area (Å²) in [4.78, 5) is 60.2. The second kappa shape index (κ2) is 14.2. The maximum atomic E-state index is 13.8. The van der Waals surface area contributed by atoms with Crippen LogP contribution in [0.2, 0.25) is 0 Å². The number of aromatic amines is 1. The molecule has 3 aliphatic rings. The van der Waals surface area contributed by atoms with Crippen molar-refractivity contribution in [3.63, 3.8) is 0 Å². The molecule has 4 heterocycles. The van der Waals surface area contributed by atoms with E-state index in [1.807, 2.05) is 43.3 Å². The lowest BCUT2D eigenvalue weighted by Gasteiger charge is -2.23. The monoisotopic (exact) mass is 669 g/mol. The number of likely N-dealkylation sites (tertiary alicyclic amines) is 1. The number of amides is 3. The van der Waals surface area contributed by atoms with Gasteiger partial charge in [-0.1, -0.05) is 36.0 Å². The Hall–Kier alpha value is -5.30. The fourth-order valence-corrected chi connectivity index (χ4v) is 6.46. The van der Waals surface area contributed by atoms with Crippen molar-refractivity contribution in [3.8, 4) is 28.4 Å². The molecule has 3 aliphatic heterocycles. The average Bonchev–Trinajstić information content (AvgIpc) is 3.47. The summed E-state index contributed by atoms with van der Waals surface area (Å²) in [5.74, 6) is 0.621. The molecule has 1 aromatic heterocycles. The van der Waals surface area contributed by atoms with Gasteiger partial charge in [0.05, 0.1) is 25.4 Å². The smallest absolute Gasteiger partial charge is 0.258 e. The molecule has 0 saturated carbocycles. The number of carbonyl (C=O) groups excluding carboxylic acids is 3. The lowest BCUT2D eigenvalue weighted by molar-refractivity contribution is -0.127. The molecule has 3 N–H and O–H groups in total. The van der Waals surface area contributed by atoms with E-state index in [2.05, 4.69) is 20.6 Å². The van der Waals surface area contributed by atoms with Crippen LogP contribution < -0.4 is 30.4 Å². The Morgan fingerprint density at radius 2 is 1.88 bits per heavy atom. The highest BCUT2D eigenvalue weighted by Gasteiger charge is 2.38. The Bertz CT molecular complexity index is 1930. The third kappa shape index (κ3) is 7.63. The Labute approximate surface area is 281 Å². The summed E-state index contributed by atoms with van der Waals surface area (Å²) >= 11 is 1.14. The first-order valence-corrected chi connectivity index (χ1v) is 16.4. The van der Waals surface area contributed by atoms with Gasteiger partial charge in [-0.3, -0.25) is 19.2 Å². The quantitative estimate of drug-likeness (QED) is 0.220. The van der Waals surface area contributed by atoms with E-state index in [-0.39, 0.29) is 55.3 Å². The molecular weight excluding hydrogens is 634 g/mol. The minimum Gasteiger partial charge on any atom is -0.493 e. The zero-order valence-electron chi connectivity index (χ0n) is 26.7. The second-order valence-electron chi connectivity index (χ2n) is 11.6. The Morgan fingerprint density at radius 1 is 1.02 bits per heavy atom. The average molecular weight is 670 g/mol. The van der Waals surface area contributed by atoms with Crippen LogP contribution in [0, 0.1) is 13.8 Å². The van der Waals surface area contributed by atoms with Crippen LogP contribution in [-0.2, 0) is 16.1 Å². The maximum absolute atomic E-state index is 13.8. The predicted octanol–water partition coefficient (Wildman–Crippen LogP) is 3.25. The van der Waals surface area contributed by atoms with Crippen LogP contribution in [0.15, 0.2) is 76.7 Å².